The second kappa shape index (κ2) is 5.56. The van der Waals surface area contributed by atoms with E-state index in [4.69, 9.17) is 5.26 Å². The summed E-state index contributed by atoms with van der Waals surface area (Å²) in [6.45, 7) is 0. The van der Waals surface area contributed by atoms with Crippen molar-refractivity contribution in [1.82, 2.24) is 9.55 Å². The lowest BCUT2D eigenvalue weighted by molar-refractivity contribution is -0.215. The van der Waals surface area contributed by atoms with E-state index in [2.05, 4.69) is 15.5 Å². The topological polar surface area (TPSA) is 59.3 Å². The Morgan fingerprint density at radius 2 is 1.75 bits per heavy atom. The Bertz CT molecular complexity index is 678. The highest BCUT2D eigenvalue weighted by atomic mass is 17.2. The van der Waals surface area contributed by atoms with E-state index < -0.39 is 0 Å². The molecule has 0 bridgehead atoms. The number of hydrogen-bond donors (Lipinski definition) is 2. The van der Waals surface area contributed by atoms with E-state index >= 15 is 0 Å². The highest BCUT2D eigenvalue weighted by Crippen LogP contribution is 2.24. The van der Waals surface area contributed by atoms with Crippen molar-refractivity contribution in [3.8, 4) is 16.9 Å². The maximum atomic E-state index is 8.34. The van der Waals surface area contributed by atoms with Gasteiger partial charge in [-0.1, -0.05) is 30.3 Å². The number of aromatic nitrogens is 2. The quantitative estimate of drug-likeness (QED) is 0.562. The molecule has 0 fully saturated rings. The molecule has 3 rings (SSSR count). The first-order chi connectivity index (χ1) is 9.88. The van der Waals surface area contributed by atoms with Crippen molar-refractivity contribution in [1.29, 1.82) is 0 Å². The number of rotatable bonds is 4. The largest absolute Gasteiger partial charge is 0.299 e. The van der Waals surface area contributed by atoms with Gasteiger partial charge in [-0.15, -0.1) is 4.99 Å². The van der Waals surface area contributed by atoms with Gasteiger partial charge in [0.1, 0.15) is 0 Å². The van der Waals surface area contributed by atoms with Crippen molar-refractivity contribution in [2.24, 2.45) is 0 Å². The normalized spacial score (nSPS) is 10.4. The summed E-state index contributed by atoms with van der Waals surface area (Å²) >= 11 is 0. The Morgan fingerprint density at radius 1 is 1.00 bits per heavy atom. The fraction of sp³-hybridized carbons (Fsp3) is 0. The molecule has 0 aliphatic carbocycles. The Hall–Kier alpha value is -2.63. The summed E-state index contributed by atoms with van der Waals surface area (Å²) in [5.41, 5.74) is 6.10. The van der Waals surface area contributed by atoms with Crippen LogP contribution in [0.3, 0.4) is 0 Å². The van der Waals surface area contributed by atoms with Crippen molar-refractivity contribution < 1.29 is 10.2 Å². The fourth-order valence-electron chi connectivity index (χ4n) is 2.06. The maximum Gasteiger partial charge on any atom is 0.0997 e. The van der Waals surface area contributed by atoms with Crippen LogP contribution in [0, 0.1) is 0 Å². The van der Waals surface area contributed by atoms with Crippen LogP contribution in [0.1, 0.15) is 0 Å². The molecule has 5 nitrogen and oxygen atoms in total. The van der Waals surface area contributed by atoms with Gasteiger partial charge in [0.2, 0.25) is 0 Å². The molecule has 0 saturated carbocycles. The molecule has 20 heavy (non-hydrogen) atoms. The number of para-hydroxylation sites is 1. The SMILES string of the molecule is OONc1ccc(-c2cncn2-c2ccccc2)cc1. The molecule has 0 unspecified atom stereocenters. The fourth-order valence-corrected chi connectivity index (χ4v) is 2.06. The Balaban J connectivity index is 1.97. The third kappa shape index (κ3) is 2.40. The van der Waals surface area contributed by atoms with Crippen molar-refractivity contribution in [2.45, 2.75) is 0 Å². The molecule has 0 amide bonds. The van der Waals surface area contributed by atoms with Crippen LogP contribution in [0.4, 0.5) is 5.69 Å². The number of anilines is 1. The predicted octanol–water partition coefficient (Wildman–Crippen LogP) is 3.36. The summed E-state index contributed by atoms with van der Waals surface area (Å²) in [6, 6.07) is 17.5. The Kier molecular flexibility index (Phi) is 3.45. The minimum atomic E-state index is 0.669. The Labute approximate surface area is 116 Å². The summed E-state index contributed by atoms with van der Waals surface area (Å²) in [5, 5.41) is 8.34. The van der Waals surface area contributed by atoms with Crippen LogP contribution in [-0.4, -0.2) is 14.8 Å². The van der Waals surface area contributed by atoms with E-state index in [0.29, 0.717) is 5.69 Å². The van der Waals surface area contributed by atoms with Crippen molar-refractivity contribution in [3.63, 3.8) is 0 Å². The van der Waals surface area contributed by atoms with E-state index in [1.807, 2.05) is 65.4 Å². The van der Waals surface area contributed by atoms with E-state index in [1.54, 1.807) is 6.33 Å². The molecule has 0 radical (unpaired) electrons. The van der Waals surface area contributed by atoms with Crippen LogP contribution in [0.25, 0.3) is 16.9 Å². The summed E-state index contributed by atoms with van der Waals surface area (Å²) < 4.78 is 2.02. The highest BCUT2D eigenvalue weighted by molar-refractivity contribution is 5.64. The molecule has 0 spiro atoms. The molecule has 0 aliphatic heterocycles. The molecule has 5 heteroatoms. The van der Waals surface area contributed by atoms with E-state index in [1.165, 1.54) is 0 Å². The van der Waals surface area contributed by atoms with Gasteiger partial charge < -0.3 is 0 Å². The first-order valence-corrected chi connectivity index (χ1v) is 6.13. The number of nitrogens with one attached hydrogen (secondary N) is 1. The first kappa shape index (κ1) is 12.4. The average molecular weight is 267 g/mol. The molecule has 0 aliphatic rings. The zero-order valence-electron chi connectivity index (χ0n) is 10.6. The van der Waals surface area contributed by atoms with E-state index in [0.717, 1.165) is 16.9 Å². The van der Waals surface area contributed by atoms with Gasteiger partial charge in [0.05, 0.1) is 23.9 Å². The number of benzene rings is 2. The minimum absolute atomic E-state index is 0.669. The summed E-state index contributed by atoms with van der Waals surface area (Å²) in [7, 11) is 0. The van der Waals surface area contributed by atoms with Crippen molar-refractivity contribution >= 4 is 5.69 Å². The molecule has 1 heterocycles. The number of nitrogens with zero attached hydrogens (tertiary/aromatic N) is 2. The van der Waals surface area contributed by atoms with Crippen LogP contribution in [0.15, 0.2) is 67.1 Å². The molecule has 2 aromatic carbocycles. The van der Waals surface area contributed by atoms with E-state index in [-0.39, 0.29) is 0 Å². The van der Waals surface area contributed by atoms with Gasteiger partial charge >= 0.3 is 0 Å². The molecule has 2 N–H and O–H groups in total. The average Bonchev–Trinajstić information content (AvgIpc) is 2.99. The molecular weight excluding hydrogens is 254 g/mol. The monoisotopic (exact) mass is 267 g/mol. The summed E-state index contributed by atoms with van der Waals surface area (Å²) in [4.78, 5) is 8.10. The van der Waals surface area contributed by atoms with Gasteiger partial charge in [-0.25, -0.2) is 15.7 Å². The van der Waals surface area contributed by atoms with Crippen LogP contribution >= 0.6 is 0 Å². The maximum absolute atomic E-state index is 8.34. The highest BCUT2D eigenvalue weighted by Gasteiger charge is 2.06. The minimum Gasteiger partial charge on any atom is -0.299 e. The van der Waals surface area contributed by atoms with E-state index in [9.17, 15) is 0 Å². The van der Waals surface area contributed by atoms with Gasteiger partial charge in [0.15, 0.2) is 0 Å². The number of imidazole rings is 1. The summed E-state index contributed by atoms with van der Waals surface area (Å²) in [6.07, 6.45) is 3.60. The molecule has 1 aromatic heterocycles. The zero-order chi connectivity index (χ0) is 13.8. The molecule has 3 aromatic rings. The second-order valence-electron chi connectivity index (χ2n) is 4.26. The second-order valence-corrected chi connectivity index (χ2v) is 4.26. The van der Waals surface area contributed by atoms with Gasteiger partial charge in [0.25, 0.3) is 0 Å². The zero-order valence-corrected chi connectivity index (χ0v) is 10.6. The Morgan fingerprint density at radius 3 is 2.45 bits per heavy atom. The molecule has 100 valence electrons. The smallest absolute Gasteiger partial charge is 0.0997 e. The predicted molar refractivity (Wildman–Crippen MR) is 76.3 cm³/mol. The lowest BCUT2D eigenvalue weighted by Crippen LogP contribution is -1.97. The van der Waals surface area contributed by atoms with Crippen LogP contribution in [-0.2, 0) is 4.99 Å². The van der Waals surface area contributed by atoms with Crippen molar-refractivity contribution in [3.05, 3.63) is 67.1 Å². The molecule has 0 atom stereocenters. The van der Waals surface area contributed by atoms with Gasteiger partial charge in [0, 0.05) is 11.3 Å². The lowest BCUT2D eigenvalue weighted by Gasteiger charge is -2.09. The van der Waals surface area contributed by atoms with Crippen LogP contribution in [0.5, 0.6) is 0 Å². The van der Waals surface area contributed by atoms with Crippen LogP contribution in [0.2, 0.25) is 0 Å². The van der Waals surface area contributed by atoms with Gasteiger partial charge in [-0.05, 0) is 24.3 Å². The van der Waals surface area contributed by atoms with Crippen LogP contribution < -0.4 is 5.48 Å². The third-order valence-electron chi connectivity index (χ3n) is 3.02. The first-order valence-electron chi connectivity index (χ1n) is 6.13. The molecular formula is C15H13N3O2. The third-order valence-corrected chi connectivity index (χ3v) is 3.02. The standard InChI is InChI=1S/C15H13N3O2/c19-20-17-13-8-6-12(7-9-13)15-10-16-11-18(15)14-4-2-1-3-5-14/h1-11,17,19H. The lowest BCUT2D eigenvalue weighted by atomic mass is 10.1. The molecule has 0 saturated heterocycles. The van der Waals surface area contributed by atoms with Gasteiger partial charge in [-0.2, -0.15) is 0 Å². The van der Waals surface area contributed by atoms with Gasteiger partial charge in [-0.3, -0.25) is 4.57 Å². The van der Waals surface area contributed by atoms with Crippen molar-refractivity contribution in [2.75, 3.05) is 5.48 Å². The summed E-state index contributed by atoms with van der Waals surface area (Å²) in [5.74, 6) is 0. The number of hydrogen-bond acceptors (Lipinski definition) is 4.